The smallest absolute Gasteiger partial charge is 0.319 e. The minimum Gasteiger partial charge on any atom is -0.497 e. The maximum absolute atomic E-state index is 12.2. The second-order valence-corrected chi connectivity index (χ2v) is 8.71. The number of hydrogen-bond donors (Lipinski definition) is 2. The number of aryl methyl sites for hydroxylation is 1. The molecule has 0 heterocycles. The lowest BCUT2D eigenvalue weighted by molar-refractivity contribution is 0.0270. The molecule has 196 valence electrons. The molecule has 35 heavy (non-hydrogen) atoms. The fourth-order valence-corrected chi connectivity index (χ4v) is 4.28. The van der Waals surface area contributed by atoms with E-state index in [0.29, 0.717) is 26.4 Å². The van der Waals surface area contributed by atoms with Crippen LogP contribution >= 0.6 is 35.6 Å². The number of anilines is 1. The van der Waals surface area contributed by atoms with Crippen molar-refractivity contribution in [1.82, 2.24) is 5.32 Å². The summed E-state index contributed by atoms with van der Waals surface area (Å²) in [6.07, 6.45) is 3.30. The SMILES string of the molecule is CCNC(CCCN(C(N)=O)c1ccc(OC)cc1)(CCc1cccc(Cl)c1)COCCOC.I. The standard InChI is InChI=1S/C26H38ClN3O4.HI/c1-4-29-26(20-34-18-17-32-2,15-13-21-7-5-8-22(27)19-21)14-6-16-30(25(28)31)23-9-11-24(33-3)12-10-23;/h5,7-12,19,29H,4,6,13-18,20H2,1-3H3,(H2,28,31);1H. The highest BCUT2D eigenvalue weighted by atomic mass is 127. The maximum atomic E-state index is 12.2. The van der Waals surface area contributed by atoms with E-state index in [1.165, 1.54) is 5.56 Å². The maximum Gasteiger partial charge on any atom is 0.319 e. The Morgan fingerprint density at radius 2 is 1.86 bits per heavy atom. The van der Waals surface area contributed by atoms with Crippen LogP contribution in [0.3, 0.4) is 0 Å². The van der Waals surface area contributed by atoms with Gasteiger partial charge in [-0.15, -0.1) is 24.0 Å². The molecule has 0 saturated heterocycles. The van der Waals surface area contributed by atoms with Crippen LogP contribution in [0.15, 0.2) is 48.5 Å². The number of halogens is 2. The predicted molar refractivity (Wildman–Crippen MR) is 153 cm³/mol. The number of benzene rings is 2. The van der Waals surface area contributed by atoms with E-state index in [4.69, 9.17) is 31.5 Å². The van der Waals surface area contributed by atoms with Crippen LogP contribution in [0.25, 0.3) is 0 Å². The van der Waals surface area contributed by atoms with Crippen LogP contribution in [0, 0.1) is 0 Å². The van der Waals surface area contributed by atoms with Gasteiger partial charge in [0.2, 0.25) is 0 Å². The average Bonchev–Trinajstić information content (AvgIpc) is 2.83. The molecule has 7 nitrogen and oxygen atoms in total. The summed E-state index contributed by atoms with van der Waals surface area (Å²) < 4.78 is 16.3. The number of carbonyl (C=O) groups is 1. The van der Waals surface area contributed by atoms with Gasteiger partial charge in [0, 0.05) is 29.9 Å². The van der Waals surface area contributed by atoms with Crippen LogP contribution in [-0.4, -0.2) is 58.7 Å². The molecule has 0 bridgehead atoms. The number of ether oxygens (including phenoxy) is 3. The summed E-state index contributed by atoms with van der Waals surface area (Å²) in [7, 11) is 3.27. The third-order valence-corrected chi connectivity index (χ3v) is 6.07. The first-order chi connectivity index (χ1) is 16.4. The lowest BCUT2D eigenvalue weighted by Crippen LogP contribution is -2.50. The van der Waals surface area contributed by atoms with Crippen LogP contribution in [-0.2, 0) is 15.9 Å². The molecule has 0 saturated carbocycles. The quantitative estimate of drug-likeness (QED) is 0.197. The summed E-state index contributed by atoms with van der Waals surface area (Å²) in [5.41, 5.74) is 7.38. The highest BCUT2D eigenvalue weighted by Gasteiger charge is 2.29. The first-order valence-corrected chi connectivity index (χ1v) is 12.1. The van der Waals surface area contributed by atoms with Crippen molar-refractivity contribution in [1.29, 1.82) is 0 Å². The molecule has 0 fully saturated rings. The molecule has 0 aliphatic carbocycles. The lowest BCUT2D eigenvalue weighted by Gasteiger charge is -2.36. The van der Waals surface area contributed by atoms with E-state index < -0.39 is 6.03 Å². The monoisotopic (exact) mass is 619 g/mol. The molecule has 2 aromatic carbocycles. The van der Waals surface area contributed by atoms with Crippen molar-refractivity contribution in [2.24, 2.45) is 5.73 Å². The molecule has 0 aliphatic heterocycles. The first-order valence-electron chi connectivity index (χ1n) is 11.7. The molecule has 1 unspecified atom stereocenters. The molecule has 2 amide bonds. The van der Waals surface area contributed by atoms with Gasteiger partial charge >= 0.3 is 6.03 Å². The summed E-state index contributed by atoms with van der Waals surface area (Å²) in [6.45, 7) is 5.02. The third kappa shape index (κ3) is 10.9. The molecule has 0 aromatic heterocycles. The Morgan fingerprint density at radius 1 is 1.11 bits per heavy atom. The molecule has 2 aromatic rings. The number of amides is 2. The van der Waals surface area contributed by atoms with E-state index in [-0.39, 0.29) is 29.5 Å². The number of methoxy groups -OCH3 is 2. The van der Waals surface area contributed by atoms with Crippen LogP contribution < -0.4 is 20.7 Å². The first kappa shape index (κ1) is 31.4. The van der Waals surface area contributed by atoms with Crippen LogP contribution in [0.1, 0.15) is 31.7 Å². The van der Waals surface area contributed by atoms with Gasteiger partial charge < -0.3 is 25.3 Å². The van der Waals surface area contributed by atoms with Gasteiger partial charge in [-0.3, -0.25) is 4.90 Å². The molecule has 3 N–H and O–H groups in total. The van der Waals surface area contributed by atoms with Gasteiger partial charge in [0.15, 0.2) is 0 Å². The predicted octanol–water partition coefficient (Wildman–Crippen LogP) is 5.28. The number of urea groups is 1. The van der Waals surface area contributed by atoms with Crippen LogP contribution in [0.5, 0.6) is 5.75 Å². The van der Waals surface area contributed by atoms with Crippen LogP contribution in [0.4, 0.5) is 10.5 Å². The summed E-state index contributed by atoms with van der Waals surface area (Å²) >= 11 is 6.19. The van der Waals surface area contributed by atoms with Gasteiger partial charge in [-0.05, 0) is 74.2 Å². The zero-order valence-corrected chi connectivity index (χ0v) is 24.0. The Labute approximate surface area is 231 Å². The number of likely N-dealkylation sites (N-methyl/N-ethyl adjacent to an activating group) is 1. The second-order valence-electron chi connectivity index (χ2n) is 8.28. The Balaban J connectivity index is 0.00000612. The molecule has 9 heteroatoms. The molecule has 2 rings (SSSR count). The number of nitrogens with two attached hydrogens (primary N) is 1. The van der Waals surface area contributed by atoms with Gasteiger partial charge in [-0.25, -0.2) is 4.79 Å². The Bertz CT molecular complexity index is 872. The van der Waals surface area contributed by atoms with Crippen LogP contribution in [0.2, 0.25) is 5.02 Å². The number of nitrogens with one attached hydrogen (secondary N) is 1. The van der Waals surface area contributed by atoms with Crippen molar-refractivity contribution in [3.63, 3.8) is 0 Å². The normalized spacial score (nSPS) is 12.5. The zero-order chi connectivity index (χ0) is 24.8. The summed E-state index contributed by atoms with van der Waals surface area (Å²) in [5.74, 6) is 0.730. The molecule has 0 radical (unpaired) electrons. The molecular weight excluding hydrogens is 581 g/mol. The topological polar surface area (TPSA) is 86.1 Å². The molecule has 0 aliphatic rings. The third-order valence-electron chi connectivity index (χ3n) is 5.83. The van der Waals surface area contributed by atoms with Crippen molar-refractivity contribution >= 4 is 47.3 Å². The zero-order valence-electron chi connectivity index (χ0n) is 20.9. The van der Waals surface area contributed by atoms with E-state index in [2.05, 4.69) is 18.3 Å². The lowest BCUT2D eigenvalue weighted by atomic mass is 9.87. The van der Waals surface area contributed by atoms with Gasteiger partial charge in [0.25, 0.3) is 0 Å². The minimum atomic E-state index is -0.477. The number of carbonyl (C=O) groups excluding carboxylic acids is 1. The van der Waals surface area contributed by atoms with Crippen molar-refractivity contribution in [2.45, 2.75) is 38.1 Å². The van der Waals surface area contributed by atoms with E-state index in [9.17, 15) is 4.79 Å². The Hall–Kier alpha value is -1.59. The van der Waals surface area contributed by atoms with E-state index in [1.807, 2.05) is 42.5 Å². The Morgan fingerprint density at radius 3 is 2.46 bits per heavy atom. The van der Waals surface area contributed by atoms with Crippen molar-refractivity contribution in [3.8, 4) is 5.75 Å². The number of primary amides is 1. The van der Waals surface area contributed by atoms with Crippen molar-refractivity contribution < 1.29 is 19.0 Å². The summed E-state index contributed by atoms with van der Waals surface area (Å²) in [5, 5.41) is 4.40. The van der Waals surface area contributed by atoms with Gasteiger partial charge in [0.05, 0.1) is 26.9 Å². The fraction of sp³-hybridized carbons (Fsp3) is 0.500. The van der Waals surface area contributed by atoms with E-state index >= 15 is 0 Å². The van der Waals surface area contributed by atoms with Crippen molar-refractivity contribution in [2.75, 3.05) is 52.0 Å². The molecular formula is C26H39ClIN3O4. The average molecular weight is 620 g/mol. The number of hydrogen-bond acceptors (Lipinski definition) is 5. The second kappa shape index (κ2) is 17.0. The summed E-state index contributed by atoms with van der Waals surface area (Å²) in [6, 6.07) is 14.8. The van der Waals surface area contributed by atoms with Gasteiger partial charge in [-0.1, -0.05) is 30.7 Å². The highest BCUT2D eigenvalue weighted by molar-refractivity contribution is 14.0. The number of rotatable bonds is 16. The summed E-state index contributed by atoms with van der Waals surface area (Å²) in [4.78, 5) is 13.8. The van der Waals surface area contributed by atoms with Gasteiger partial charge in [0.1, 0.15) is 5.75 Å². The van der Waals surface area contributed by atoms with Gasteiger partial charge in [-0.2, -0.15) is 0 Å². The van der Waals surface area contributed by atoms with E-state index in [0.717, 1.165) is 48.7 Å². The Kier molecular flexibility index (Phi) is 15.2. The minimum absolute atomic E-state index is 0. The molecule has 1 atom stereocenters. The molecule has 0 spiro atoms. The van der Waals surface area contributed by atoms with Crippen molar-refractivity contribution in [3.05, 3.63) is 59.1 Å². The number of nitrogens with zero attached hydrogens (tertiary/aromatic N) is 1. The largest absolute Gasteiger partial charge is 0.497 e. The highest BCUT2D eigenvalue weighted by Crippen LogP contribution is 2.25. The fourth-order valence-electron chi connectivity index (χ4n) is 4.06. The van der Waals surface area contributed by atoms with E-state index in [1.54, 1.807) is 19.1 Å².